The molecule has 6 aromatic carbocycles. The molecule has 256 valence electrons. The van der Waals surface area contributed by atoms with E-state index in [4.69, 9.17) is 19.4 Å². The molecule has 0 amide bonds. The number of aromatic nitrogens is 3. The fraction of sp³-hybridized carbons (Fsp3) is 0.0200. The van der Waals surface area contributed by atoms with E-state index in [0.717, 1.165) is 77.6 Å². The molecule has 54 heavy (non-hydrogen) atoms. The van der Waals surface area contributed by atoms with E-state index in [9.17, 15) is 0 Å². The number of hydrogen-bond acceptors (Lipinski definition) is 4. The highest BCUT2D eigenvalue weighted by Gasteiger charge is 2.20. The number of rotatable bonds is 6. The zero-order valence-corrected chi connectivity index (χ0v) is 29.6. The second-order valence-electron chi connectivity index (χ2n) is 13.3. The van der Waals surface area contributed by atoms with Crippen LogP contribution in [0.4, 0.5) is 0 Å². The zero-order valence-electron chi connectivity index (χ0n) is 29.6. The molecule has 0 radical (unpaired) electrons. The average Bonchev–Trinajstić information content (AvgIpc) is 3.62. The highest BCUT2D eigenvalue weighted by Crippen LogP contribution is 2.40. The molecule has 0 atom stereocenters. The van der Waals surface area contributed by atoms with Gasteiger partial charge in [-0.3, -0.25) is 0 Å². The lowest BCUT2D eigenvalue weighted by atomic mass is 9.93. The smallest absolute Gasteiger partial charge is 0.164 e. The monoisotopic (exact) mass is 693 g/mol. The van der Waals surface area contributed by atoms with Gasteiger partial charge in [-0.15, -0.1) is 0 Å². The van der Waals surface area contributed by atoms with E-state index >= 15 is 0 Å². The molecule has 2 heterocycles. The molecule has 0 fully saturated rings. The van der Waals surface area contributed by atoms with Crippen LogP contribution in [0, 0.1) is 0 Å². The van der Waals surface area contributed by atoms with Crippen LogP contribution in [0.25, 0.3) is 78.4 Å². The highest BCUT2D eigenvalue weighted by atomic mass is 16.3. The number of benzene rings is 6. The van der Waals surface area contributed by atoms with Crippen molar-refractivity contribution in [3.63, 3.8) is 0 Å². The van der Waals surface area contributed by atoms with Crippen molar-refractivity contribution in [3.8, 4) is 45.3 Å². The van der Waals surface area contributed by atoms with Gasteiger partial charge in [-0.2, -0.15) is 0 Å². The van der Waals surface area contributed by atoms with Gasteiger partial charge in [0.25, 0.3) is 0 Å². The van der Waals surface area contributed by atoms with E-state index in [1.54, 1.807) is 0 Å². The quantitative estimate of drug-likeness (QED) is 0.174. The van der Waals surface area contributed by atoms with Gasteiger partial charge in [0, 0.05) is 27.5 Å². The molecule has 1 aliphatic rings. The summed E-state index contributed by atoms with van der Waals surface area (Å²) in [7, 11) is 0. The minimum atomic E-state index is 0.581. The molecule has 4 heteroatoms. The molecule has 8 aromatic rings. The summed E-state index contributed by atoms with van der Waals surface area (Å²) < 4.78 is 6.58. The van der Waals surface area contributed by atoms with E-state index < -0.39 is 0 Å². The van der Waals surface area contributed by atoms with Gasteiger partial charge in [0.2, 0.25) is 0 Å². The Kier molecular flexibility index (Phi) is 8.76. The number of para-hydroxylation sites is 1. The molecule has 0 aliphatic heterocycles. The van der Waals surface area contributed by atoms with Crippen LogP contribution in [0.2, 0.25) is 0 Å². The first-order chi connectivity index (χ1) is 26.7. The van der Waals surface area contributed by atoms with Crippen LogP contribution < -0.4 is 0 Å². The molecule has 0 N–H and O–H groups in total. The van der Waals surface area contributed by atoms with Crippen LogP contribution in [-0.4, -0.2) is 15.0 Å². The Morgan fingerprint density at radius 2 is 1.06 bits per heavy atom. The Bertz CT molecular complexity index is 2770. The van der Waals surface area contributed by atoms with Crippen LogP contribution in [-0.2, 0) is 0 Å². The number of fused-ring (bicyclic) bond motifs is 3. The van der Waals surface area contributed by atoms with Crippen LogP contribution >= 0.6 is 0 Å². The molecule has 9 rings (SSSR count). The van der Waals surface area contributed by atoms with Crippen LogP contribution in [0.5, 0.6) is 0 Å². The fourth-order valence-electron chi connectivity index (χ4n) is 7.01. The largest absolute Gasteiger partial charge is 0.456 e. The molecule has 1 aliphatic carbocycles. The molecule has 0 spiro atoms. The van der Waals surface area contributed by atoms with Gasteiger partial charge < -0.3 is 4.42 Å². The summed E-state index contributed by atoms with van der Waals surface area (Å²) in [4.78, 5) is 15.4. The summed E-state index contributed by atoms with van der Waals surface area (Å²) in [6.07, 6.45) is 13.5. The lowest BCUT2D eigenvalue weighted by Crippen LogP contribution is -2.01. The third-order valence-corrected chi connectivity index (χ3v) is 9.77. The fourth-order valence-corrected chi connectivity index (χ4v) is 7.01. The van der Waals surface area contributed by atoms with Gasteiger partial charge >= 0.3 is 0 Å². The third kappa shape index (κ3) is 6.53. The van der Waals surface area contributed by atoms with Crippen molar-refractivity contribution in [3.05, 3.63) is 211 Å². The average molecular weight is 694 g/mol. The zero-order chi connectivity index (χ0) is 36.3. The molecular weight excluding hydrogens is 659 g/mol. The first kappa shape index (κ1) is 32.7. The van der Waals surface area contributed by atoms with Crippen LogP contribution in [0.1, 0.15) is 17.5 Å². The first-order valence-corrected chi connectivity index (χ1v) is 18.1. The number of furan rings is 1. The van der Waals surface area contributed by atoms with E-state index in [-0.39, 0.29) is 0 Å². The molecule has 0 unspecified atom stereocenters. The molecule has 2 aromatic heterocycles. The van der Waals surface area contributed by atoms with Crippen molar-refractivity contribution >= 4 is 33.1 Å². The molecule has 0 saturated heterocycles. The minimum absolute atomic E-state index is 0.581. The maximum Gasteiger partial charge on any atom is 0.164 e. The molecule has 0 saturated carbocycles. The summed E-state index contributed by atoms with van der Waals surface area (Å²) in [6.45, 7) is 4.39. The van der Waals surface area contributed by atoms with Crippen molar-refractivity contribution in [1.82, 2.24) is 15.0 Å². The van der Waals surface area contributed by atoms with Crippen LogP contribution in [0.3, 0.4) is 0 Å². The standard InChI is InChI=1S/C50H35N3O/c1-34-16-6-2-7-19-36(30-31-42(34)38-20-10-4-11-21-38)41-32-44(47-43-24-14-15-25-45(43)54-46(47)33-41)50-52-48(39-22-12-5-13-23-39)51-49(53-50)40-28-26-37(27-29-40)35-17-8-3-9-18-35/h2-18,20-33H,1,19H2/b7-2-,16-6-,36-30+,42-31+. The Morgan fingerprint density at radius 1 is 0.481 bits per heavy atom. The Hall–Kier alpha value is -7.17. The van der Waals surface area contributed by atoms with Gasteiger partial charge in [-0.25, -0.2) is 15.0 Å². The SMILES string of the molecule is C=C1/C=C\C=C/C/C(c2cc(-c3nc(-c4ccccc4)nc(-c4ccc(-c5ccccc5)cc4)n3)c3c(c2)oc2ccccc23)=C\C=C/1c1ccccc1. The number of allylic oxidation sites excluding steroid dienone is 9. The van der Waals surface area contributed by atoms with Crippen molar-refractivity contribution in [2.24, 2.45) is 0 Å². The minimum Gasteiger partial charge on any atom is -0.456 e. The number of hydrogen-bond donors (Lipinski definition) is 0. The van der Waals surface area contributed by atoms with E-state index in [0.29, 0.717) is 23.9 Å². The second-order valence-corrected chi connectivity index (χ2v) is 13.3. The van der Waals surface area contributed by atoms with Gasteiger partial charge in [-0.05, 0) is 63.6 Å². The summed E-state index contributed by atoms with van der Waals surface area (Å²) in [5.74, 6) is 1.79. The Morgan fingerprint density at radius 3 is 1.78 bits per heavy atom. The summed E-state index contributed by atoms with van der Waals surface area (Å²) >= 11 is 0. The van der Waals surface area contributed by atoms with Crippen molar-refractivity contribution in [2.75, 3.05) is 0 Å². The Balaban J connectivity index is 1.25. The maximum absolute atomic E-state index is 6.58. The summed E-state index contributed by atoms with van der Waals surface area (Å²) in [5, 5.41) is 1.98. The summed E-state index contributed by atoms with van der Waals surface area (Å²) in [5.41, 5.74) is 11.9. The van der Waals surface area contributed by atoms with Crippen molar-refractivity contribution in [1.29, 1.82) is 0 Å². The topological polar surface area (TPSA) is 51.8 Å². The van der Waals surface area contributed by atoms with Gasteiger partial charge in [0.1, 0.15) is 11.2 Å². The second kappa shape index (κ2) is 14.5. The number of nitrogens with zero attached hydrogens (tertiary/aromatic N) is 3. The van der Waals surface area contributed by atoms with Gasteiger partial charge in [0.15, 0.2) is 17.5 Å². The molecule has 4 nitrogen and oxygen atoms in total. The van der Waals surface area contributed by atoms with Gasteiger partial charge in [-0.1, -0.05) is 176 Å². The van der Waals surface area contributed by atoms with E-state index in [2.05, 4.69) is 134 Å². The molecule has 0 bridgehead atoms. The van der Waals surface area contributed by atoms with Crippen LogP contribution in [0.15, 0.2) is 205 Å². The highest BCUT2D eigenvalue weighted by molar-refractivity contribution is 6.12. The predicted molar refractivity (Wildman–Crippen MR) is 223 cm³/mol. The predicted octanol–water partition coefficient (Wildman–Crippen LogP) is 13.0. The van der Waals surface area contributed by atoms with E-state index in [1.165, 1.54) is 0 Å². The molecular formula is C50H35N3O. The van der Waals surface area contributed by atoms with E-state index in [1.807, 2.05) is 60.7 Å². The summed E-state index contributed by atoms with van der Waals surface area (Å²) in [6, 6.07) is 51.8. The van der Waals surface area contributed by atoms with Crippen molar-refractivity contribution in [2.45, 2.75) is 6.42 Å². The Labute approximate surface area is 314 Å². The third-order valence-electron chi connectivity index (χ3n) is 9.77. The lowest BCUT2D eigenvalue weighted by molar-refractivity contribution is 0.669. The first-order valence-electron chi connectivity index (χ1n) is 18.1. The van der Waals surface area contributed by atoms with Crippen molar-refractivity contribution < 1.29 is 4.42 Å². The lowest BCUT2D eigenvalue weighted by Gasteiger charge is -2.13. The normalized spacial score (nSPS) is 16.3. The van der Waals surface area contributed by atoms with Gasteiger partial charge in [0.05, 0.1) is 0 Å². The maximum atomic E-state index is 6.58.